The minimum absolute atomic E-state index is 0.920. The second kappa shape index (κ2) is 14.2. The summed E-state index contributed by atoms with van der Waals surface area (Å²) < 4.78 is 0. The van der Waals surface area contributed by atoms with Crippen molar-refractivity contribution in [3.8, 4) is 0 Å². The first-order valence-electron chi connectivity index (χ1n) is 8.51. The fourth-order valence-electron chi connectivity index (χ4n) is 2.74. The smallest absolute Gasteiger partial charge is 0.0351 e. The molecule has 0 N–H and O–H groups in total. The highest BCUT2D eigenvalue weighted by Crippen LogP contribution is 2.25. The van der Waals surface area contributed by atoms with Gasteiger partial charge in [-0.2, -0.15) is 0 Å². The molecule has 0 aliphatic heterocycles. The Labute approximate surface area is 123 Å². The molecule has 0 aromatic heterocycles. The van der Waals surface area contributed by atoms with Crippen molar-refractivity contribution >= 4 is 0 Å². The van der Waals surface area contributed by atoms with Gasteiger partial charge in [-0.25, -0.2) is 0 Å². The first-order valence-corrected chi connectivity index (χ1v) is 8.51. The maximum atomic E-state index is 3.99. The predicted octanol–water partition coefficient (Wildman–Crippen LogP) is 6.77. The molecule has 2 radical (unpaired) electrons. The molecule has 0 heterocycles. The molecule has 0 amide bonds. The third-order valence-corrected chi connectivity index (χ3v) is 4.27. The van der Waals surface area contributed by atoms with Crippen LogP contribution in [0.15, 0.2) is 12.2 Å². The van der Waals surface area contributed by atoms with Crippen LogP contribution < -0.4 is 0 Å². The molecular weight excluding hydrogens is 228 g/mol. The summed E-state index contributed by atoms with van der Waals surface area (Å²) in [5.74, 6) is 1.86. The summed E-state index contributed by atoms with van der Waals surface area (Å²) in [6.07, 6.45) is 18.8. The van der Waals surface area contributed by atoms with Crippen molar-refractivity contribution in [1.82, 2.24) is 0 Å². The summed E-state index contributed by atoms with van der Waals surface area (Å²) in [5, 5.41) is 0. The van der Waals surface area contributed by atoms with Crippen LogP contribution in [0.3, 0.4) is 0 Å². The molecule has 0 aliphatic carbocycles. The first-order chi connectivity index (χ1) is 9.28. The van der Waals surface area contributed by atoms with Gasteiger partial charge in [-0.1, -0.05) is 84.8 Å². The highest BCUT2D eigenvalue weighted by molar-refractivity contribution is 4.81. The fourth-order valence-corrected chi connectivity index (χ4v) is 2.74. The van der Waals surface area contributed by atoms with E-state index in [2.05, 4.69) is 39.8 Å². The Morgan fingerprint density at radius 2 is 1.32 bits per heavy atom. The van der Waals surface area contributed by atoms with Gasteiger partial charge in [0.15, 0.2) is 0 Å². The second-order valence-electron chi connectivity index (χ2n) is 5.81. The van der Waals surface area contributed by atoms with Gasteiger partial charge in [0.1, 0.15) is 0 Å². The molecule has 0 bridgehead atoms. The van der Waals surface area contributed by atoms with Crippen molar-refractivity contribution in [1.29, 1.82) is 0 Å². The lowest BCUT2D eigenvalue weighted by atomic mass is 9.87. The third kappa shape index (κ3) is 11.3. The van der Waals surface area contributed by atoms with Crippen LogP contribution in [0.25, 0.3) is 0 Å². The Bertz CT molecular complexity index is 192. The zero-order valence-electron chi connectivity index (χ0n) is 13.5. The van der Waals surface area contributed by atoms with Crippen LogP contribution in [0.2, 0.25) is 0 Å². The Balaban J connectivity index is 3.69. The van der Waals surface area contributed by atoms with Crippen molar-refractivity contribution in [3.05, 3.63) is 26.0 Å². The van der Waals surface area contributed by atoms with Gasteiger partial charge in [0.2, 0.25) is 0 Å². The topological polar surface area (TPSA) is 0 Å². The van der Waals surface area contributed by atoms with Crippen molar-refractivity contribution < 1.29 is 0 Å². The molecule has 0 spiro atoms. The Morgan fingerprint density at radius 3 is 1.84 bits per heavy atom. The average Bonchev–Trinajstić information content (AvgIpc) is 2.44. The normalized spacial score (nSPS) is 14.9. The van der Waals surface area contributed by atoms with Gasteiger partial charge in [0, 0.05) is 0 Å². The summed E-state index contributed by atoms with van der Waals surface area (Å²) in [7, 11) is 0. The Hall–Kier alpha value is -0.260. The second-order valence-corrected chi connectivity index (χ2v) is 5.81. The molecule has 0 aliphatic rings. The monoisotopic (exact) mass is 264 g/mol. The summed E-state index contributed by atoms with van der Waals surface area (Å²) >= 11 is 0. The Morgan fingerprint density at radius 1 is 0.737 bits per heavy atom. The summed E-state index contributed by atoms with van der Waals surface area (Å²) in [6, 6.07) is 0. The third-order valence-electron chi connectivity index (χ3n) is 4.27. The molecule has 0 saturated heterocycles. The molecule has 0 aromatic carbocycles. The van der Waals surface area contributed by atoms with Crippen LogP contribution in [0.5, 0.6) is 0 Å². The largest absolute Gasteiger partial charge is 0.0885 e. The van der Waals surface area contributed by atoms with E-state index in [1.165, 1.54) is 51.4 Å². The SMILES string of the molecule is [CH2]CCC=CCCCC(CC)CCC(CC)CC[CH2]. The molecule has 0 rings (SSSR count). The summed E-state index contributed by atoms with van der Waals surface area (Å²) in [4.78, 5) is 0. The van der Waals surface area contributed by atoms with E-state index in [4.69, 9.17) is 0 Å². The van der Waals surface area contributed by atoms with Crippen LogP contribution in [0, 0.1) is 25.7 Å². The van der Waals surface area contributed by atoms with Gasteiger partial charge in [-0.15, -0.1) is 0 Å². The van der Waals surface area contributed by atoms with Crippen LogP contribution in [0.1, 0.15) is 84.5 Å². The fraction of sp³-hybridized carbons (Fsp3) is 0.789. The summed E-state index contributed by atoms with van der Waals surface area (Å²) in [5.41, 5.74) is 0. The standard InChI is InChI=1S/C19H36/c1-5-9-10-11-12-13-15-19(8-4)17-16-18(7-3)14-6-2/h10-11,18-19H,1-2,5-9,12-17H2,3-4H3. The highest BCUT2D eigenvalue weighted by atomic mass is 14.2. The number of unbranched alkanes of at least 4 members (excludes halogenated alkanes) is 2. The quantitative estimate of drug-likeness (QED) is 0.254. The van der Waals surface area contributed by atoms with Crippen molar-refractivity contribution in [2.75, 3.05) is 0 Å². The average molecular weight is 264 g/mol. The highest BCUT2D eigenvalue weighted by Gasteiger charge is 2.10. The van der Waals surface area contributed by atoms with E-state index < -0.39 is 0 Å². The van der Waals surface area contributed by atoms with Crippen LogP contribution in [-0.2, 0) is 0 Å². The molecule has 0 fully saturated rings. The van der Waals surface area contributed by atoms with Crippen molar-refractivity contribution in [2.24, 2.45) is 11.8 Å². The Kier molecular flexibility index (Phi) is 14.0. The number of allylic oxidation sites excluding steroid dienone is 2. The van der Waals surface area contributed by atoms with Crippen molar-refractivity contribution in [3.63, 3.8) is 0 Å². The number of rotatable bonds is 13. The zero-order chi connectivity index (χ0) is 14.3. The maximum Gasteiger partial charge on any atom is -0.0351 e. The van der Waals surface area contributed by atoms with E-state index in [9.17, 15) is 0 Å². The summed E-state index contributed by atoms with van der Waals surface area (Å²) in [6.45, 7) is 12.5. The maximum absolute atomic E-state index is 3.99. The number of hydrogen-bond acceptors (Lipinski definition) is 0. The predicted molar refractivity (Wildman–Crippen MR) is 89.0 cm³/mol. The molecule has 0 aromatic rings. The minimum Gasteiger partial charge on any atom is -0.0885 e. The van der Waals surface area contributed by atoms with E-state index in [0.29, 0.717) is 0 Å². The van der Waals surface area contributed by atoms with E-state index >= 15 is 0 Å². The van der Waals surface area contributed by atoms with Crippen LogP contribution in [-0.4, -0.2) is 0 Å². The lowest BCUT2D eigenvalue weighted by Gasteiger charge is -2.19. The lowest BCUT2D eigenvalue weighted by Crippen LogP contribution is -2.05. The number of hydrogen-bond donors (Lipinski definition) is 0. The van der Waals surface area contributed by atoms with Crippen LogP contribution >= 0.6 is 0 Å². The molecule has 0 saturated carbocycles. The molecule has 0 nitrogen and oxygen atoms in total. The molecule has 19 heavy (non-hydrogen) atoms. The van der Waals surface area contributed by atoms with E-state index in [1.807, 2.05) is 0 Å². The molecular formula is C19H36. The van der Waals surface area contributed by atoms with Gasteiger partial charge < -0.3 is 0 Å². The van der Waals surface area contributed by atoms with Gasteiger partial charge in [-0.05, 0) is 37.5 Å². The molecule has 0 heteroatoms. The first kappa shape index (κ1) is 18.7. The van der Waals surface area contributed by atoms with E-state index in [0.717, 1.165) is 31.1 Å². The van der Waals surface area contributed by atoms with E-state index in [1.54, 1.807) is 0 Å². The minimum atomic E-state index is 0.920. The zero-order valence-corrected chi connectivity index (χ0v) is 13.5. The molecule has 2 unspecified atom stereocenters. The van der Waals surface area contributed by atoms with E-state index in [-0.39, 0.29) is 0 Å². The van der Waals surface area contributed by atoms with Gasteiger partial charge in [0.25, 0.3) is 0 Å². The lowest BCUT2D eigenvalue weighted by molar-refractivity contribution is 0.345. The molecule has 112 valence electrons. The van der Waals surface area contributed by atoms with Crippen LogP contribution in [0.4, 0.5) is 0 Å². The van der Waals surface area contributed by atoms with Gasteiger partial charge in [0.05, 0.1) is 0 Å². The van der Waals surface area contributed by atoms with Crippen molar-refractivity contribution in [2.45, 2.75) is 84.5 Å². The van der Waals surface area contributed by atoms with Gasteiger partial charge in [-0.3, -0.25) is 0 Å². The van der Waals surface area contributed by atoms with Gasteiger partial charge >= 0.3 is 0 Å². The molecule has 2 atom stereocenters.